The molecule has 4 heteroatoms. The number of anilines is 2. The average molecular weight is 205 g/mol. The molecule has 0 heterocycles. The SMILES string of the molecule is Cc1c(NCl)ccc(NCl)c1C. The molecular weight excluding hydrogens is 195 g/mol. The lowest BCUT2D eigenvalue weighted by atomic mass is 10.1. The molecule has 0 spiro atoms. The lowest BCUT2D eigenvalue weighted by Gasteiger charge is -2.10. The molecule has 0 amide bonds. The zero-order chi connectivity index (χ0) is 9.14. The van der Waals surface area contributed by atoms with Crippen LogP contribution in [-0.4, -0.2) is 0 Å². The number of hydrogen-bond donors (Lipinski definition) is 2. The summed E-state index contributed by atoms with van der Waals surface area (Å²) in [4.78, 5) is 5.18. The Balaban J connectivity index is 3.20. The van der Waals surface area contributed by atoms with E-state index in [2.05, 4.69) is 9.67 Å². The van der Waals surface area contributed by atoms with Crippen LogP contribution in [0.25, 0.3) is 0 Å². The number of hydrogen-bond acceptors (Lipinski definition) is 2. The van der Waals surface area contributed by atoms with Crippen LogP contribution in [0.3, 0.4) is 0 Å². The molecule has 0 fully saturated rings. The first-order valence-corrected chi connectivity index (χ1v) is 4.29. The zero-order valence-corrected chi connectivity index (χ0v) is 8.42. The second-order valence-electron chi connectivity index (χ2n) is 2.60. The van der Waals surface area contributed by atoms with Crippen LogP contribution in [0.2, 0.25) is 0 Å². The third kappa shape index (κ3) is 1.59. The van der Waals surface area contributed by atoms with Crippen LogP contribution in [0.4, 0.5) is 11.4 Å². The van der Waals surface area contributed by atoms with Crippen LogP contribution in [0.5, 0.6) is 0 Å². The van der Waals surface area contributed by atoms with Crippen molar-refractivity contribution in [1.82, 2.24) is 0 Å². The minimum Gasteiger partial charge on any atom is -0.298 e. The lowest BCUT2D eigenvalue weighted by molar-refractivity contribution is 1.35. The fourth-order valence-electron chi connectivity index (χ4n) is 1.03. The minimum absolute atomic E-state index is 0.907. The van der Waals surface area contributed by atoms with Crippen molar-refractivity contribution >= 4 is 34.9 Å². The van der Waals surface area contributed by atoms with Crippen LogP contribution in [0.1, 0.15) is 11.1 Å². The smallest absolute Gasteiger partial charge is 0.0525 e. The Morgan fingerprint density at radius 2 is 1.25 bits per heavy atom. The maximum absolute atomic E-state index is 5.50. The first kappa shape index (κ1) is 9.49. The molecule has 0 aromatic heterocycles. The zero-order valence-electron chi connectivity index (χ0n) is 6.91. The molecule has 0 atom stereocenters. The number of halogens is 2. The summed E-state index contributed by atoms with van der Waals surface area (Å²) >= 11 is 11.0. The minimum atomic E-state index is 0.907. The molecule has 0 radical (unpaired) electrons. The van der Waals surface area contributed by atoms with Gasteiger partial charge in [-0.1, -0.05) is 0 Å². The molecule has 1 aromatic carbocycles. The lowest BCUT2D eigenvalue weighted by Crippen LogP contribution is -1.93. The highest BCUT2D eigenvalue weighted by molar-refractivity contribution is 6.25. The Morgan fingerprint density at radius 1 is 0.917 bits per heavy atom. The Labute approximate surface area is 82.1 Å². The van der Waals surface area contributed by atoms with E-state index in [1.807, 2.05) is 26.0 Å². The van der Waals surface area contributed by atoms with Crippen molar-refractivity contribution in [1.29, 1.82) is 0 Å². The van der Waals surface area contributed by atoms with E-state index in [0.29, 0.717) is 0 Å². The molecule has 2 N–H and O–H groups in total. The van der Waals surface area contributed by atoms with Gasteiger partial charge in [-0.05, 0) is 37.1 Å². The highest BCUT2D eigenvalue weighted by Crippen LogP contribution is 2.26. The van der Waals surface area contributed by atoms with Gasteiger partial charge >= 0.3 is 0 Å². The molecule has 1 rings (SSSR count). The first-order valence-electron chi connectivity index (χ1n) is 3.54. The van der Waals surface area contributed by atoms with Gasteiger partial charge in [0.2, 0.25) is 0 Å². The van der Waals surface area contributed by atoms with Gasteiger partial charge in [0.25, 0.3) is 0 Å². The van der Waals surface area contributed by atoms with Crippen molar-refractivity contribution in [3.05, 3.63) is 23.3 Å². The highest BCUT2D eigenvalue weighted by atomic mass is 35.5. The standard InChI is InChI=1S/C8H10Cl2N2/c1-5-6(2)8(12-10)4-3-7(5)11-9/h3-4,11-12H,1-2H3. The highest BCUT2D eigenvalue weighted by Gasteiger charge is 2.03. The average Bonchev–Trinajstić information content (AvgIpc) is 2.10. The van der Waals surface area contributed by atoms with E-state index in [0.717, 1.165) is 22.5 Å². The van der Waals surface area contributed by atoms with E-state index in [1.54, 1.807) is 0 Å². The summed E-state index contributed by atoms with van der Waals surface area (Å²) in [5, 5.41) is 0. The third-order valence-corrected chi connectivity index (χ3v) is 2.40. The fourth-order valence-corrected chi connectivity index (χ4v) is 1.43. The topological polar surface area (TPSA) is 24.1 Å². The maximum Gasteiger partial charge on any atom is 0.0525 e. The van der Waals surface area contributed by atoms with Crippen LogP contribution >= 0.6 is 23.6 Å². The molecule has 0 aliphatic heterocycles. The van der Waals surface area contributed by atoms with Gasteiger partial charge in [-0.25, -0.2) is 0 Å². The van der Waals surface area contributed by atoms with Crippen LogP contribution in [-0.2, 0) is 0 Å². The molecule has 0 aliphatic rings. The summed E-state index contributed by atoms with van der Waals surface area (Å²) in [6.45, 7) is 3.97. The van der Waals surface area contributed by atoms with Gasteiger partial charge in [0.1, 0.15) is 0 Å². The van der Waals surface area contributed by atoms with Gasteiger partial charge in [-0.3, -0.25) is 9.67 Å². The molecule has 0 aliphatic carbocycles. The second kappa shape index (κ2) is 3.87. The Bertz CT molecular complexity index is 258. The number of benzene rings is 1. The summed E-state index contributed by atoms with van der Waals surface area (Å²) in [5.74, 6) is 0. The van der Waals surface area contributed by atoms with E-state index in [9.17, 15) is 0 Å². The maximum atomic E-state index is 5.50. The predicted octanol–water partition coefficient (Wildman–Crippen LogP) is 3.43. The van der Waals surface area contributed by atoms with Gasteiger partial charge in [0.15, 0.2) is 0 Å². The van der Waals surface area contributed by atoms with Crippen LogP contribution in [0, 0.1) is 13.8 Å². The molecule has 0 saturated carbocycles. The molecular formula is C8H10Cl2N2. The van der Waals surface area contributed by atoms with Crippen molar-refractivity contribution in [2.24, 2.45) is 0 Å². The van der Waals surface area contributed by atoms with Crippen molar-refractivity contribution in [3.63, 3.8) is 0 Å². The van der Waals surface area contributed by atoms with Crippen LogP contribution in [0.15, 0.2) is 12.1 Å². The Hall–Kier alpha value is -0.600. The van der Waals surface area contributed by atoms with Crippen molar-refractivity contribution in [3.8, 4) is 0 Å². The summed E-state index contributed by atoms with van der Waals surface area (Å²) in [7, 11) is 0. The van der Waals surface area contributed by atoms with Gasteiger partial charge < -0.3 is 0 Å². The molecule has 0 bridgehead atoms. The van der Waals surface area contributed by atoms with E-state index in [-0.39, 0.29) is 0 Å². The number of rotatable bonds is 2. The molecule has 66 valence electrons. The summed E-state index contributed by atoms with van der Waals surface area (Å²) in [6.07, 6.45) is 0. The monoisotopic (exact) mass is 204 g/mol. The summed E-state index contributed by atoms with van der Waals surface area (Å²) in [5.41, 5.74) is 4.00. The molecule has 0 saturated heterocycles. The Morgan fingerprint density at radius 3 is 1.50 bits per heavy atom. The van der Waals surface area contributed by atoms with Gasteiger partial charge in [-0.2, -0.15) is 0 Å². The van der Waals surface area contributed by atoms with Gasteiger partial charge in [0, 0.05) is 23.6 Å². The van der Waals surface area contributed by atoms with E-state index >= 15 is 0 Å². The van der Waals surface area contributed by atoms with E-state index in [1.165, 1.54) is 0 Å². The molecule has 2 nitrogen and oxygen atoms in total. The third-order valence-electron chi connectivity index (χ3n) is 1.99. The second-order valence-corrected chi connectivity index (χ2v) is 2.98. The normalized spacial score (nSPS) is 9.67. The van der Waals surface area contributed by atoms with E-state index in [4.69, 9.17) is 23.6 Å². The summed E-state index contributed by atoms with van der Waals surface area (Å²) < 4.78 is 0. The van der Waals surface area contributed by atoms with Gasteiger partial charge in [0.05, 0.1) is 11.4 Å². The van der Waals surface area contributed by atoms with Gasteiger partial charge in [-0.15, -0.1) is 0 Å². The fraction of sp³-hybridized carbons (Fsp3) is 0.250. The van der Waals surface area contributed by atoms with Crippen molar-refractivity contribution in [2.45, 2.75) is 13.8 Å². The number of nitrogens with one attached hydrogen (secondary N) is 2. The predicted molar refractivity (Wildman–Crippen MR) is 54.9 cm³/mol. The van der Waals surface area contributed by atoms with E-state index < -0.39 is 0 Å². The molecule has 0 unspecified atom stereocenters. The molecule has 1 aromatic rings. The summed E-state index contributed by atoms with van der Waals surface area (Å²) in [6, 6.07) is 3.75. The van der Waals surface area contributed by atoms with Crippen molar-refractivity contribution < 1.29 is 0 Å². The Kier molecular flexibility index (Phi) is 3.06. The quantitative estimate of drug-likeness (QED) is 0.722. The first-order chi connectivity index (χ1) is 5.70. The molecule has 12 heavy (non-hydrogen) atoms. The van der Waals surface area contributed by atoms with Crippen molar-refractivity contribution in [2.75, 3.05) is 9.67 Å². The van der Waals surface area contributed by atoms with Crippen LogP contribution < -0.4 is 9.67 Å². The largest absolute Gasteiger partial charge is 0.298 e.